The lowest BCUT2D eigenvalue weighted by atomic mass is 10.0. The number of rotatable bonds is 3. The number of nitrogens with zero attached hydrogens (tertiary/aromatic N) is 4. The van der Waals surface area contributed by atoms with Crippen LogP contribution < -0.4 is 0 Å². The molecule has 2 aromatic carbocycles. The first-order valence-electron chi connectivity index (χ1n) is 9.57. The van der Waals surface area contributed by atoms with Gasteiger partial charge in [0.1, 0.15) is 11.6 Å². The van der Waals surface area contributed by atoms with Crippen LogP contribution in [0.4, 0.5) is 4.39 Å². The Hall–Kier alpha value is -3.44. The third-order valence-corrected chi connectivity index (χ3v) is 5.46. The predicted octanol–water partition coefficient (Wildman–Crippen LogP) is 6.26. The van der Waals surface area contributed by atoms with Gasteiger partial charge in [0.25, 0.3) is 0 Å². The zero-order valence-corrected chi connectivity index (χ0v) is 17.2. The fourth-order valence-corrected chi connectivity index (χ4v) is 3.83. The molecule has 0 atom stereocenters. The molecule has 0 saturated carbocycles. The molecule has 3 heterocycles. The summed E-state index contributed by atoms with van der Waals surface area (Å²) >= 11 is 6.08. The number of hydrogen-bond acceptors (Lipinski definition) is 2. The average molecular weight is 417 g/mol. The Bertz CT molecular complexity index is 1370. The van der Waals surface area contributed by atoms with E-state index in [0.29, 0.717) is 0 Å². The van der Waals surface area contributed by atoms with Crippen LogP contribution in [0.1, 0.15) is 11.3 Å². The molecule has 148 valence electrons. The van der Waals surface area contributed by atoms with Crippen LogP contribution in [0.15, 0.2) is 73.1 Å². The maximum absolute atomic E-state index is 13.8. The first-order chi connectivity index (χ1) is 14.5. The molecule has 0 radical (unpaired) electrons. The Labute approximate surface area is 178 Å². The SMILES string of the molecule is Cc1ccc(-c2c(C)nn3c(-c4ccc(F)c(Cl)c4)cc(-n4cccc4)nc23)cc1. The van der Waals surface area contributed by atoms with Crippen LogP contribution >= 0.6 is 11.6 Å². The smallest absolute Gasteiger partial charge is 0.166 e. The lowest BCUT2D eigenvalue weighted by molar-refractivity contribution is 0.628. The van der Waals surface area contributed by atoms with E-state index in [1.807, 2.05) is 42.1 Å². The summed E-state index contributed by atoms with van der Waals surface area (Å²) in [6.45, 7) is 4.03. The minimum absolute atomic E-state index is 0.0719. The molecule has 0 N–H and O–H groups in total. The number of benzene rings is 2. The molecule has 0 amide bonds. The van der Waals surface area contributed by atoms with E-state index in [0.717, 1.165) is 39.5 Å². The molecule has 0 bridgehead atoms. The zero-order valence-electron chi connectivity index (χ0n) is 16.5. The lowest BCUT2D eigenvalue weighted by Crippen LogP contribution is -2.02. The summed E-state index contributed by atoms with van der Waals surface area (Å²) in [6.07, 6.45) is 3.88. The van der Waals surface area contributed by atoms with E-state index < -0.39 is 5.82 Å². The molecular weight excluding hydrogens is 399 g/mol. The third-order valence-electron chi connectivity index (χ3n) is 5.18. The molecule has 0 saturated heterocycles. The van der Waals surface area contributed by atoms with Crippen LogP contribution in [0.3, 0.4) is 0 Å². The van der Waals surface area contributed by atoms with Crippen molar-refractivity contribution >= 4 is 17.2 Å². The molecule has 6 heteroatoms. The van der Waals surface area contributed by atoms with Gasteiger partial charge < -0.3 is 4.57 Å². The Morgan fingerprint density at radius 1 is 0.900 bits per heavy atom. The fraction of sp³-hybridized carbons (Fsp3) is 0.0833. The molecular formula is C24H18ClFN4. The highest BCUT2D eigenvalue weighted by Crippen LogP contribution is 2.33. The molecule has 5 rings (SSSR count). The van der Waals surface area contributed by atoms with Crippen molar-refractivity contribution in [1.29, 1.82) is 0 Å². The quantitative estimate of drug-likeness (QED) is 0.347. The zero-order chi connectivity index (χ0) is 20.8. The van der Waals surface area contributed by atoms with Gasteiger partial charge >= 0.3 is 0 Å². The molecule has 0 aliphatic rings. The van der Waals surface area contributed by atoms with Crippen LogP contribution in [0.25, 0.3) is 33.8 Å². The number of aromatic nitrogens is 4. The number of hydrogen-bond donors (Lipinski definition) is 0. The van der Waals surface area contributed by atoms with Gasteiger partial charge in [0.2, 0.25) is 0 Å². The number of halogens is 2. The highest BCUT2D eigenvalue weighted by atomic mass is 35.5. The highest BCUT2D eigenvalue weighted by Gasteiger charge is 2.18. The van der Waals surface area contributed by atoms with Gasteiger partial charge in [0.15, 0.2) is 5.65 Å². The normalized spacial score (nSPS) is 11.3. The predicted molar refractivity (Wildman–Crippen MR) is 118 cm³/mol. The van der Waals surface area contributed by atoms with Gasteiger partial charge in [-0.3, -0.25) is 0 Å². The maximum Gasteiger partial charge on any atom is 0.166 e. The Morgan fingerprint density at radius 3 is 2.30 bits per heavy atom. The molecule has 0 fully saturated rings. The van der Waals surface area contributed by atoms with Crippen LogP contribution in [-0.4, -0.2) is 19.2 Å². The number of fused-ring (bicyclic) bond motifs is 1. The van der Waals surface area contributed by atoms with E-state index in [-0.39, 0.29) is 5.02 Å². The molecule has 30 heavy (non-hydrogen) atoms. The van der Waals surface area contributed by atoms with Gasteiger partial charge in [-0.05, 0) is 49.7 Å². The van der Waals surface area contributed by atoms with E-state index in [1.54, 1.807) is 16.6 Å². The molecule has 4 nitrogen and oxygen atoms in total. The van der Waals surface area contributed by atoms with Crippen LogP contribution in [-0.2, 0) is 0 Å². The second-order valence-electron chi connectivity index (χ2n) is 7.28. The summed E-state index contributed by atoms with van der Waals surface area (Å²) in [5.74, 6) is 0.296. The topological polar surface area (TPSA) is 35.1 Å². The molecule has 5 aromatic rings. The molecule has 0 unspecified atom stereocenters. The second-order valence-corrected chi connectivity index (χ2v) is 7.69. The second kappa shape index (κ2) is 7.11. The molecule has 0 spiro atoms. The molecule has 0 aliphatic heterocycles. The van der Waals surface area contributed by atoms with Crippen molar-refractivity contribution in [2.75, 3.05) is 0 Å². The summed E-state index contributed by atoms with van der Waals surface area (Å²) in [5, 5.41) is 4.84. The maximum atomic E-state index is 13.8. The summed E-state index contributed by atoms with van der Waals surface area (Å²) in [7, 11) is 0. The summed E-state index contributed by atoms with van der Waals surface area (Å²) < 4.78 is 17.5. The first kappa shape index (κ1) is 18.6. The Balaban J connectivity index is 1.84. The van der Waals surface area contributed by atoms with E-state index in [2.05, 4.69) is 31.2 Å². The first-order valence-corrected chi connectivity index (χ1v) is 9.95. The van der Waals surface area contributed by atoms with Gasteiger partial charge in [-0.1, -0.05) is 41.4 Å². The van der Waals surface area contributed by atoms with Crippen LogP contribution in [0.5, 0.6) is 0 Å². The molecule has 3 aromatic heterocycles. The average Bonchev–Trinajstić information content (AvgIpc) is 3.38. The van der Waals surface area contributed by atoms with Gasteiger partial charge in [0.05, 0.1) is 16.4 Å². The minimum Gasteiger partial charge on any atom is -0.309 e. The van der Waals surface area contributed by atoms with E-state index in [9.17, 15) is 4.39 Å². The van der Waals surface area contributed by atoms with Crippen molar-refractivity contribution in [2.45, 2.75) is 13.8 Å². The summed E-state index contributed by atoms with van der Waals surface area (Å²) in [6, 6.07) is 18.8. The summed E-state index contributed by atoms with van der Waals surface area (Å²) in [4.78, 5) is 4.92. The van der Waals surface area contributed by atoms with Gasteiger partial charge in [-0.25, -0.2) is 13.9 Å². The monoisotopic (exact) mass is 416 g/mol. The van der Waals surface area contributed by atoms with Crippen molar-refractivity contribution in [1.82, 2.24) is 19.2 Å². The lowest BCUT2D eigenvalue weighted by Gasteiger charge is -2.11. The van der Waals surface area contributed by atoms with E-state index in [4.69, 9.17) is 21.7 Å². The van der Waals surface area contributed by atoms with Gasteiger partial charge in [0, 0.05) is 29.6 Å². The van der Waals surface area contributed by atoms with E-state index in [1.165, 1.54) is 11.6 Å². The van der Waals surface area contributed by atoms with Crippen molar-refractivity contribution < 1.29 is 4.39 Å². The van der Waals surface area contributed by atoms with Crippen molar-refractivity contribution in [3.8, 4) is 28.2 Å². The fourth-order valence-electron chi connectivity index (χ4n) is 3.65. The minimum atomic E-state index is -0.451. The van der Waals surface area contributed by atoms with Crippen molar-refractivity contribution in [2.24, 2.45) is 0 Å². The largest absolute Gasteiger partial charge is 0.309 e. The van der Waals surface area contributed by atoms with Crippen LogP contribution in [0.2, 0.25) is 5.02 Å². The Morgan fingerprint density at radius 2 is 1.60 bits per heavy atom. The van der Waals surface area contributed by atoms with Gasteiger partial charge in [-0.15, -0.1) is 0 Å². The standard InChI is InChI=1S/C24H18ClFN4/c1-15-5-7-17(8-6-15)23-16(2)28-30-21(18-9-10-20(26)19(25)13-18)14-22(27-24(23)30)29-11-3-4-12-29/h3-14H,1-2H3. The van der Waals surface area contributed by atoms with Crippen LogP contribution in [0, 0.1) is 19.7 Å². The van der Waals surface area contributed by atoms with E-state index >= 15 is 0 Å². The highest BCUT2D eigenvalue weighted by molar-refractivity contribution is 6.31. The van der Waals surface area contributed by atoms with Crippen molar-refractivity contribution in [3.63, 3.8) is 0 Å². The summed E-state index contributed by atoms with van der Waals surface area (Å²) in [5.41, 5.74) is 6.36. The van der Waals surface area contributed by atoms with Crippen molar-refractivity contribution in [3.05, 3.63) is 95.2 Å². The van der Waals surface area contributed by atoms with Gasteiger partial charge in [-0.2, -0.15) is 5.10 Å². The third kappa shape index (κ3) is 3.08. The number of aryl methyl sites for hydroxylation is 2. The Kier molecular flexibility index (Phi) is 4.40. The molecule has 0 aliphatic carbocycles.